The molecule has 0 aliphatic carbocycles. The summed E-state index contributed by atoms with van der Waals surface area (Å²) in [6.45, 7) is 1.38. The van der Waals surface area contributed by atoms with E-state index in [0.717, 1.165) is 15.7 Å². The minimum atomic E-state index is -0.442. The fraction of sp³-hybridized carbons (Fsp3) is 0.167. The van der Waals surface area contributed by atoms with Gasteiger partial charge in [-0.2, -0.15) is 0 Å². The van der Waals surface area contributed by atoms with E-state index in [0.29, 0.717) is 24.5 Å². The van der Waals surface area contributed by atoms with E-state index in [1.807, 2.05) is 60.7 Å². The van der Waals surface area contributed by atoms with Crippen molar-refractivity contribution in [3.8, 4) is 0 Å². The molecule has 0 amide bonds. The first-order chi connectivity index (χ1) is 16.6. The summed E-state index contributed by atoms with van der Waals surface area (Å²) in [4.78, 5) is 25.4. The predicted octanol–water partition coefficient (Wildman–Crippen LogP) is 1.39. The first-order valence-electron chi connectivity index (χ1n) is 10.8. The number of aromatic nitrogens is 8. The van der Waals surface area contributed by atoms with Crippen LogP contribution in [0.2, 0.25) is 0 Å². The lowest BCUT2D eigenvalue weighted by Gasteiger charge is -2.07. The molecule has 5 rings (SSSR count). The molecule has 0 unspecified atom stereocenters. The van der Waals surface area contributed by atoms with E-state index >= 15 is 0 Å². The highest BCUT2D eigenvalue weighted by atomic mass is 16.2. The molecule has 0 atom stereocenters. The molecule has 2 aromatic carbocycles. The Morgan fingerprint density at radius 3 is 1.71 bits per heavy atom. The van der Waals surface area contributed by atoms with Gasteiger partial charge in [0.05, 0.1) is 38.6 Å². The van der Waals surface area contributed by atoms with Crippen molar-refractivity contribution < 1.29 is 0 Å². The third-order valence-electron chi connectivity index (χ3n) is 5.34. The SMILES string of the molecule is O=c1ccn(Cc2cn(Cc3ccccc3)nn2)c(=O)n1Cc1cn(Cc2ccccc2)nn1. The van der Waals surface area contributed by atoms with Crippen LogP contribution in [0.15, 0.2) is 94.9 Å². The average Bonchev–Trinajstić information content (AvgIpc) is 3.49. The zero-order valence-corrected chi connectivity index (χ0v) is 18.3. The van der Waals surface area contributed by atoms with Crippen LogP contribution in [0.25, 0.3) is 0 Å². The van der Waals surface area contributed by atoms with Crippen LogP contribution < -0.4 is 11.2 Å². The molecule has 0 saturated heterocycles. The van der Waals surface area contributed by atoms with E-state index in [2.05, 4.69) is 20.6 Å². The Bertz CT molecular complexity index is 1500. The molecule has 0 bridgehead atoms. The molecule has 0 radical (unpaired) electrons. The maximum atomic E-state index is 13.0. The topological polar surface area (TPSA) is 105 Å². The van der Waals surface area contributed by atoms with Gasteiger partial charge in [0.15, 0.2) is 0 Å². The molecular formula is C24H22N8O2. The van der Waals surface area contributed by atoms with Crippen LogP contribution in [0.4, 0.5) is 0 Å². The highest BCUT2D eigenvalue weighted by molar-refractivity contribution is 5.16. The predicted molar refractivity (Wildman–Crippen MR) is 124 cm³/mol. The Balaban J connectivity index is 1.31. The maximum Gasteiger partial charge on any atom is 0.331 e. The van der Waals surface area contributed by atoms with Crippen LogP contribution in [-0.4, -0.2) is 39.1 Å². The Morgan fingerprint density at radius 2 is 1.15 bits per heavy atom. The smallest absolute Gasteiger partial charge is 0.294 e. The summed E-state index contributed by atoms with van der Waals surface area (Å²) >= 11 is 0. The second-order valence-corrected chi connectivity index (χ2v) is 7.94. The largest absolute Gasteiger partial charge is 0.331 e. The van der Waals surface area contributed by atoms with Crippen LogP contribution in [0, 0.1) is 0 Å². The van der Waals surface area contributed by atoms with E-state index in [9.17, 15) is 9.59 Å². The van der Waals surface area contributed by atoms with Crippen LogP contribution >= 0.6 is 0 Å². The minimum Gasteiger partial charge on any atom is -0.294 e. The van der Waals surface area contributed by atoms with E-state index < -0.39 is 11.2 Å². The summed E-state index contributed by atoms with van der Waals surface area (Å²) in [5.41, 5.74) is 2.50. The normalized spacial score (nSPS) is 11.1. The molecule has 0 spiro atoms. The molecule has 3 heterocycles. The quantitative estimate of drug-likeness (QED) is 0.351. The average molecular weight is 454 g/mol. The molecule has 0 aliphatic rings. The van der Waals surface area contributed by atoms with Crippen LogP contribution in [-0.2, 0) is 26.2 Å². The third kappa shape index (κ3) is 4.90. The van der Waals surface area contributed by atoms with Gasteiger partial charge in [0.2, 0.25) is 0 Å². The van der Waals surface area contributed by atoms with E-state index in [-0.39, 0.29) is 13.1 Å². The summed E-state index contributed by atoms with van der Waals surface area (Å²) in [6, 6.07) is 21.1. The number of hydrogen-bond acceptors (Lipinski definition) is 6. The van der Waals surface area contributed by atoms with Gasteiger partial charge in [0.1, 0.15) is 11.4 Å². The molecule has 0 N–H and O–H groups in total. The Morgan fingerprint density at radius 1 is 0.618 bits per heavy atom. The number of benzene rings is 2. The van der Waals surface area contributed by atoms with Gasteiger partial charge in [-0.15, -0.1) is 10.2 Å². The van der Waals surface area contributed by atoms with Gasteiger partial charge in [-0.05, 0) is 11.1 Å². The van der Waals surface area contributed by atoms with Crippen LogP contribution in [0.1, 0.15) is 22.5 Å². The van der Waals surface area contributed by atoms with Crippen molar-refractivity contribution in [3.63, 3.8) is 0 Å². The highest BCUT2D eigenvalue weighted by Gasteiger charge is 2.11. The lowest BCUT2D eigenvalue weighted by atomic mass is 10.2. The summed E-state index contributed by atoms with van der Waals surface area (Å²) in [7, 11) is 0. The molecule has 10 heteroatoms. The number of nitrogens with zero attached hydrogens (tertiary/aromatic N) is 8. The van der Waals surface area contributed by atoms with Crippen molar-refractivity contribution in [1.29, 1.82) is 0 Å². The van der Waals surface area contributed by atoms with Gasteiger partial charge in [-0.1, -0.05) is 71.1 Å². The molecule has 170 valence electrons. The maximum absolute atomic E-state index is 13.0. The van der Waals surface area contributed by atoms with Gasteiger partial charge in [0.25, 0.3) is 5.56 Å². The van der Waals surface area contributed by atoms with Gasteiger partial charge < -0.3 is 0 Å². The van der Waals surface area contributed by atoms with Crippen molar-refractivity contribution in [2.45, 2.75) is 26.2 Å². The van der Waals surface area contributed by atoms with Gasteiger partial charge in [-0.25, -0.2) is 14.2 Å². The second-order valence-electron chi connectivity index (χ2n) is 7.94. The van der Waals surface area contributed by atoms with Crippen LogP contribution in [0.3, 0.4) is 0 Å². The highest BCUT2D eigenvalue weighted by Crippen LogP contribution is 2.04. The molecule has 0 fully saturated rings. The Hall–Kier alpha value is -4.60. The van der Waals surface area contributed by atoms with E-state index in [4.69, 9.17) is 0 Å². The summed E-state index contributed by atoms with van der Waals surface area (Å²) in [5.74, 6) is 0. The first kappa shape index (κ1) is 21.3. The fourth-order valence-electron chi connectivity index (χ4n) is 3.68. The molecule has 3 aromatic heterocycles. The molecule has 0 aliphatic heterocycles. The van der Waals surface area contributed by atoms with Gasteiger partial charge in [-0.3, -0.25) is 13.9 Å². The number of hydrogen-bond donors (Lipinski definition) is 0. The summed E-state index contributed by atoms with van der Waals surface area (Å²) in [5, 5.41) is 16.6. The zero-order valence-electron chi connectivity index (χ0n) is 18.3. The van der Waals surface area contributed by atoms with Crippen molar-refractivity contribution in [1.82, 2.24) is 39.1 Å². The summed E-state index contributed by atoms with van der Waals surface area (Å²) in [6.07, 6.45) is 5.01. The standard InChI is InChI=1S/C24H22N8O2/c33-23-11-12-29(15-21-16-30(27-25-21)13-19-7-3-1-4-8-19)24(34)32(23)18-22-17-31(28-26-22)14-20-9-5-2-6-10-20/h1-12,16-17H,13-15,18H2. The van der Waals surface area contributed by atoms with Crippen LogP contribution in [0.5, 0.6) is 0 Å². The first-order valence-corrected chi connectivity index (χ1v) is 10.8. The molecule has 5 aromatic rings. The van der Waals surface area contributed by atoms with E-state index in [1.165, 1.54) is 16.8 Å². The zero-order chi connectivity index (χ0) is 23.3. The lowest BCUT2D eigenvalue weighted by molar-refractivity contribution is 0.599. The fourth-order valence-corrected chi connectivity index (χ4v) is 3.68. The van der Waals surface area contributed by atoms with Crippen molar-refractivity contribution in [2.75, 3.05) is 0 Å². The van der Waals surface area contributed by atoms with Gasteiger partial charge in [0, 0.05) is 12.3 Å². The molecule has 10 nitrogen and oxygen atoms in total. The molecular weight excluding hydrogens is 432 g/mol. The van der Waals surface area contributed by atoms with Crippen molar-refractivity contribution >= 4 is 0 Å². The monoisotopic (exact) mass is 454 g/mol. The molecule has 34 heavy (non-hydrogen) atoms. The van der Waals surface area contributed by atoms with E-state index in [1.54, 1.807) is 21.8 Å². The Labute approximate surface area is 194 Å². The second kappa shape index (κ2) is 9.49. The van der Waals surface area contributed by atoms with Gasteiger partial charge >= 0.3 is 5.69 Å². The molecule has 0 saturated carbocycles. The van der Waals surface area contributed by atoms with Crippen molar-refractivity contribution in [2.24, 2.45) is 0 Å². The lowest BCUT2D eigenvalue weighted by Crippen LogP contribution is -2.39. The minimum absolute atomic E-state index is 0.0357. The van der Waals surface area contributed by atoms with Crippen molar-refractivity contribution in [3.05, 3.63) is 129 Å². The third-order valence-corrected chi connectivity index (χ3v) is 5.34. The summed E-state index contributed by atoms with van der Waals surface area (Å²) < 4.78 is 5.98. The Kier molecular flexibility index (Phi) is 5.93. The number of rotatable bonds is 8.